The first-order chi connectivity index (χ1) is 8.42. The molecule has 19 heavy (non-hydrogen) atoms. The highest BCUT2D eigenvalue weighted by atomic mass is 16.6. The van der Waals surface area contributed by atoms with E-state index in [9.17, 15) is 25.2 Å². The molecule has 1 aliphatic carbocycles. The highest BCUT2D eigenvalue weighted by Gasteiger charge is 2.63. The minimum Gasteiger partial charge on any atom is -0.444 e. The third-order valence-corrected chi connectivity index (χ3v) is 3.68. The number of carbonyl (C=O) groups excluding carboxylic acids is 1. The molecule has 2 unspecified atom stereocenters. The Balaban J connectivity index is 2.10. The first-order valence-corrected chi connectivity index (χ1v) is 6.30. The van der Waals surface area contributed by atoms with Gasteiger partial charge < -0.3 is 30.1 Å². The quantitative estimate of drug-likeness (QED) is 0.432. The van der Waals surface area contributed by atoms with Crippen LogP contribution in [-0.4, -0.2) is 61.7 Å². The van der Waals surface area contributed by atoms with Crippen LogP contribution in [0, 0.1) is 11.8 Å². The van der Waals surface area contributed by atoms with Crippen LogP contribution in [0.1, 0.15) is 27.2 Å². The van der Waals surface area contributed by atoms with Crippen molar-refractivity contribution >= 4 is 6.09 Å². The lowest BCUT2D eigenvalue weighted by Gasteiger charge is -2.28. The normalized spacial score (nSPS) is 32.3. The summed E-state index contributed by atoms with van der Waals surface area (Å²) in [5, 5.41) is 39.2. The maximum absolute atomic E-state index is 11.9. The summed E-state index contributed by atoms with van der Waals surface area (Å²) >= 11 is 0. The molecule has 2 atom stereocenters. The molecule has 2 rings (SSSR count). The molecule has 0 aromatic heterocycles. The van der Waals surface area contributed by atoms with Crippen molar-refractivity contribution < 1.29 is 30.0 Å². The summed E-state index contributed by atoms with van der Waals surface area (Å²) in [7, 11) is 0. The number of fused-ring (bicyclic) bond motifs is 1. The predicted molar refractivity (Wildman–Crippen MR) is 63.7 cm³/mol. The third-order valence-electron chi connectivity index (χ3n) is 3.68. The number of amides is 1. The summed E-state index contributed by atoms with van der Waals surface area (Å²) in [6.07, 6.45) is -1.12. The van der Waals surface area contributed by atoms with Crippen LogP contribution in [0.4, 0.5) is 4.79 Å². The number of carbonyl (C=O) groups is 1. The largest absolute Gasteiger partial charge is 0.444 e. The van der Waals surface area contributed by atoms with Gasteiger partial charge in [0.2, 0.25) is 0 Å². The third kappa shape index (κ3) is 2.69. The summed E-state index contributed by atoms with van der Waals surface area (Å²) in [6, 6.07) is 0. The highest BCUT2D eigenvalue weighted by molar-refractivity contribution is 5.68. The molecule has 0 aromatic rings. The van der Waals surface area contributed by atoms with Crippen molar-refractivity contribution in [2.45, 2.75) is 44.4 Å². The van der Waals surface area contributed by atoms with E-state index in [2.05, 4.69) is 0 Å². The van der Waals surface area contributed by atoms with Crippen molar-refractivity contribution in [3.8, 4) is 0 Å². The van der Waals surface area contributed by atoms with E-state index in [0.717, 1.165) is 0 Å². The molecule has 2 aliphatic rings. The first kappa shape index (κ1) is 14.5. The maximum Gasteiger partial charge on any atom is 0.410 e. The lowest BCUT2D eigenvalue weighted by Crippen LogP contribution is -2.42. The number of nitrogens with zero attached hydrogens (tertiary/aromatic N) is 1. The number of aliphatic hydroxyl groups is 4. The highest BCUT2D eigenvalue weighted by Crippen LogP contribution is 2.48. The summed E-state index contributed by atoms with van der Waals surface area (Å²) in [6.45, 7) is 5.26. The van der Waals surface area contributed by atoms with E-state index in [-0.39, 0.29) is 13.1 Å². The molecule has 0 radical (unpaired) electrons. The lowest BCUT2D eigenvalue weighted by atomic mass is 9.95. The van der Waals surface area contributed by atoms with Crippen LogP contribution in [0.5, 0.6) is 0 Å². The van der Waals surface area contributed by atoms with E-state index < -0.39 is 41.5 Å². The smallest absolute Gasteiger partial charge is 0.410 e. The number of rotatable bonds is 0. The number of hydrogen-bond acceptors (Lipinski definition) is 6. The molecule has 7 heteroatoms. The lowest BCUT2D eigenvalue weighted by molar-refractivity contribution is -0.224. The minimum absolute atomic E-state index is 0.0372. The molecule has 1 amide bonds. The molecule has 7 nitrogen and oxygen atoms in total. The summed E-state index contributed by atoms with van der Waals surface area (Å²) in [5.41, 5.74) is -0.653. The fourth-order valence-electron chi connectivity index (χ4n) is 2.86. The first-order valence-electron chi connectivity index (χ1n) is 6.30. The molecule has 110 valence electrons. The molecule has 4 N–H and O–H groups in total. The van der Waals surface area contributed by atoms with Crippen LogP contribution in [0.3, 0.4) is 0 Å². The maximum atomic E-state index is 11.9. The van der Waals surface area contributed by atoms with Crippen molar-refractivity contribution in [1.82, 2.24) is 4.90 Å². The summed E-state index contributed by atoms with van der Waals surface area (Å²) < 4.78 is 5.18. The van der Waals surface area contributed by atoms with Crippen molar-refractivity contribution in [3.63, 3.8) is 0 Å². The van der Waals surface area contributed by atoms with Gasteiger partial charge in [-0.15, -0.1) is 0 Å². The SMILES string of the molecule is CC(C)(C)OC(=O)N1CC2C(C1)C(O)(O)CC2(O)O. The van der Waals surface area contributed by atoms with Crippen LogP contribution in [0.2, 0.25) is 0 Å². The summed E-state index contributed by atoms with van der Waals surface area (Å²) in [5.74, 6) is -5.92. The minimum atomic E-state index is -2.18. The van der Waals surface area contributed by atoms with E-state index in [4.69, 9.17) is 4.74 Å². The Morgan fingerprint density at radius 3 is 1.89 bits per heavy atom. The van der Waals surface area contributed by atoms with E-state index in [1.165, 1.54) is 4.90 Å². The monoisotopic (exact) mass is 275 g/mol. The van der Waals surface area contributed by atoms with Gasteiger partial charge in [-0.2, -0.15) is 0 Å². The Morgan fingerprint density at radius 2 is 1.53 bits per heavy atom. The molecule has 1 heterocycles. The molecular formula is C12H21NO6. The average Bonchev–Trinajstić information content (AvgIpc) is 2.63. The fraction of sp³-hybridized carbons (Fsp3) is 0.917. The second-order valence-electron chi connectivity index (χ2n) is 6.53. The second-order valence-corrected chi connectivity index (χ2v) is 6.53. The van der Waals surface area contributed by atoms with Gasteiger partial charge in [-0.3, -0.25) is 0 Å². The van der Waals surface area contributed by atoms with E-state index in [0.29, 0.717) is 0 Å². The van der Waals surface area contributed by atoms with E-state index in [1.54, 1.807) is 20.8 Å². The molecule has 0 bridgehead atoms. The Labute approximate surface area is 111 Å². The van der Waals surface area contributed by atoms with E-state index in [1.807, 2.05) is 0 Å². The van der Waals surface area contributed by atoms with Crippen molar-refractivity contribution in [1.29, 1.82) is 0 Å². The van der Waals surface area contributed by atoms with Gasteiger partial charge in [0.25, 0.3) is 0 Å². The van der Waals surface area contributed by atoms with Crippen LogP contribution in [0.15, 0.2) is 0 Å². The van der Waals surface area contributed by atoms with Gasteiger partial charge in [0.15, 0.2) is 11.6 Å². The zero-order valence-electron chi connectivity index (χ0n) is 11.3. The molecule has 1 saturated heterocycles. The average molecular weight is 275 g/mol. The standard InChI is InChI=1S/C12H21NO6/c1-10(2,3)19-9(14)13-4-7-8(5-13)12(17,18)6-11(7,15)16/h7-8,15-18H,4-6H2,1-3H3. The number of ether oxygens (including phenoxy) is 1. The molecular weight excluding hydrogens is 254 g/mol. The van der Waals surface area contributed by atoms with Crippen molar-refractivity contribution in [2.24, 2.45) is 11.8 Å². The van der Waals surface area contributed by atoms with Gasteiger partial charge in [-0.25, -0.2) is 4.79 Å². The zero-order chi connectivity index (χ0) is 14.6. The Kier molecular flexibility index (Phi) is 3.10. The van der Waals surface area contributed by atoms with Crippen LogP contribution in [-0.2, 0) is 4.74 Å². The van der Waals surface area contributed by atoms with Gasteiger partial charge in [0.1, 0.15) is 5.60 Å². The Morgan fingerprint density at radius 1 is 1.11 bits per heavy atom. The van der Waals surface area contributed by atoms with Gasteiger partial charge in [0, 0.05) is 24.9 Å². The molecule has 1 saturated carbocycles. The Bertz CT molecular complexity index is 364. The van der Waals surface area contributed by atoms with E-state index >= 15 is 0 Å². The van der Waals surface area contributed by atoms with Crippen molar-refractivity contribution in [2.75, 3.05) is 13.1 Å². The molecule has 0 spiro atoms. The van der Waals surface area contributed by atoms with Crippen molar-refractivity contribution in [3.05, 3.63) is 0 Å². The topological polar surface area (TPSA) is 110 Å². The Hall–Kier alpha value is -0.890. The van der Waals surface area contributed by atoms with Crippen LogP contribution in [0.25, 0.3) is 0 Å². The summed E-state index contributed by atoms with van der Waals surface area (Å²) in [4.78, 5) is 13.2. The molecule has 1 aliphatic heterocycles. The number of hydrogen-bond donors (Lipinski definition) is 4. The predicted octanol–water partition coefficient (Wildman–Crippen LogP) is -0.765. The van der Waals surface area contributed by atoms with Crippen LogP contribution < -0.4 is 0 Å². The fourth-order valence-corrected chi connectivity index (χ4v) is 2.86. The van der Waals surface area contributed by atoms with Gasteiger partial charge in [0.05, 0.1) is 6.42 Å². The zero-order valence-corrected chi connectivity index (χ0v) is 11.3. The van der Waals surface area contributed by atoms with Gasteiger partial charge in [-0.1, -0.05) is 0 Å². The van der Waals surface area contributed by atoms with Crippen LogP contribution >= 0.6 is 0 Å². The molecule has 0 aromatic carbocycles. The number of likely N-dealkylation sites (tertiary alicyclic amines) is 1. The second kappa shape index (κ2) is 4.05. The molecule has 2 fully saturated rings. The van der Waals surface area contributed by atoms with Gasteiger partial charge >= 0.3 is 6.09 Å². The van der Waals surface area contributed by atoms with Gasteiger partial charge in [-0.05, 0) is 20.8 Å².